The van der Waals surface area contributed by atoms with E-state index in [1.54, 1.807) is 12.1 Å². The van der Waals surface area contributed by atoms with Gasteiger partial charge in [0, 0.05) is 5.33 Å². The molecule has 0 aliphatic rings. The Morgan fingerprint density at radius 2 is 1.19 bits per heavy atom. The molecule has 0 amide bonds. The molecule has 0 atom stereocenters. The van der Waals surface area contributed by atoms with Gasteiger partial charge in [-0.3, -0.25) is 0 Å². The molecule has 36 heavy (non-hydrogen) atoms. The van der Waals surface area contributed by atoms with E-state index in [-0.39, 0.29) is 5.75 Å². The summed E-state index contributed by atoms with van der Waals surface area (Å²) in [6.07, 6.45) is 16.7. The average molecular weight is 568 g/mol. The molecular formula is C31H45BrF2O2. The third-order valence-electron chi connectivity index (χ3n) is 6.54. The van der Waals surface area contributed by atoms with Crippen LogP contribution in [-0.4, -0.2) is 18.5 Å². The Hall–Kier alpha value is -1.62. The van der Waals surface area contributed by atoms with Gasteiger partial charge in [-0.25, -0.2) is 4.39 Å². The molecule has 0 fully saturated rings. The van der Waals surface area contributed by atoms with Crippen LogP contribution in [0.4, 0.5) is 8.78 Å². The molecule has 202 valence electrons. The van der Waals surface area contributed by atoms with Crippen LogP contribution >= 0.6 is 15.9 Å². The van der Waals surface area contributed by atoms with Gasteiger partial charge in [0.2, 0.25) is 5.82 Å². The molecule has 0 saturated heterocycles. The fourth-order valence-electron chi connectivity index (χ4n) is 4.24. The number of hydrogen-bond acceptors (Lipinski definition) is 2. The van der Waals surface area contributed by atoms with E-state index < -0.39 is 11.6 Å². The van der Waals surface area contributed by atoms with Crippen LogP contribution < -0.4 is 9.47 Å². The zero-order valence-electron chi connectivity index (χ0n) is 22.1. The summed E-state index contributed by atoms with van der Waals surface area (Å²) in [4.78, 5) is 0. The van der Waals surface area contributed by atoms with Crippen molar-refractivity contribution in [1.29, 1.82) is 0 Å². The van der Waals surface area contributed by atoms with Gasteiger partial charge in [0.1, 0.15) is 5.75 Å². The fraction of sp³-hybridized carbons (Fsp3) is 0.613. The SMILES string of the molecule is CCCCCOc1ccc(CCc2ccc(OCCCCCCCCCCCCBr)c(F)c2F)cc1. The number of aryl methyl sites for hydroxylation is 2. The Kier molecular flexibility index (Phi) is 16.6. The quantitative estimate of drug-likeness (QED) is 0.110. The Morgan fingerprint density at radius 1 is 0.611 bits per heavy atom. The second kappa shape index (κ2) is 19.5. The highest BCUT2D eigenvalue weighted by molar-refractivity contribution is 9.09. The van der Waals surface area contributed by atoms with Crippen LogP contribution in [0, 0.1) is 11.6 Å². The van der Waals surface area contributed by atoms with Gasteiger partial charge in [-0.2, -0.15) is 4.39 Å². The minimum atomic E-state index is -0.872. The summed E-state index contributed by atoms with van der Waals surface area (Å²) in [5.41, 5.74) is 1.46. The lowest BCUT2D eigenvalue weighted by molar-refractivity contribution is 0.284. The Labute approximate surface area is 226 Å². The van der Waals surface area contributed by atoms with Gasteiger partial charge in [-0.1, -0.05) is 105 Å². The minimum Gasteiger partial charge on any atom is -0.494 e. The summed E-state index contributed by atoms with van der Waals surface area (Å²) in [6.45, 7) is 3.32. The molecule has 2 nitrogen and oxygen atoms in total. The number of alkyl halides is 1. The van der Waals surface area contributed by atoms with E-state index in [2.05, 4.69) is 22.9 Å². The van der Waals surface area contributed by atoms with Crippen LogP contribution in [0.1, 0.15) is 102 Å². The summed E-state index contributed by atoms with van der Waals surface area (Å²) in [5.74, 6) is -0.794. The number of rotatable bonds is 21. The molecule has 5 heteroatoms. The molecule has 2 rings (SSSR count). The largest absolute Gasteiger partial charge is 0.494 e. The number of unbranched alkanes of at least 4 members (excludes halogenated alkanes) is 11. The predicted octanol–water partition coefficient (Wildman–Crippen LogP) is 9.99. The maximum Gasteiger partial charge on any atom is 0.200 e. The number of benzene rings is 2. The van der Waals surface area contributed by atoms with Crippen LogP contribution in [0.15, 0.2) is 36.4 Å². The van der Waals surface area contributed by atoms with Crippen molar-refractivity contribution in [2.24, 2.45) is 0 Å². The van der Waals surface area contributed by atoms with E-state index in [1.807, 2.05) is 24.3 Å². The van der Waals surface area contributed by atoms with Crippen LogP contribution in [0.2, 0.25) is 0 Å². The van der Waals surface area contributed by atoms with Crippen molar-refractivity contribution in [3.63, 3.8) is 0 Å². The van der Waals surface area contributed by atoms with Gasteiger partial charge in [0.05, 0.1) is 13.2 Å². The van der Waals surface area contributed by atoms with E-state index in [1.165, 1.54) is 64.2 Å². The van der Waals surface area contributed by atoms with Crippen molar-refractivity contribution >= 4 is 15.9 Å². The third kappa shape index (κ3) is 12.6. The van der Waals surface area contributed by atoms with E-state index in [0.29, 0.717) is 25.0 Å². The van der Waals surface area contributed by atoms with Crippen LogP contribution in [-0.2, 0) is 12.8 Å². The van der Waals surface area contributed by atoms with Crippen LogP contribution in [0.3, 0.4) is 0 Å². The lowest BCUT2D eigenvalue weighted by Gasteiger charge is -2.11. The molecule has 0 unspecified atom stereocenters. The molecule has 0 bridgehead atoms. The van der Waals surface area contributed by atoms with E-state index in [0.717, 1.165) is 42.5 Å². The summed E-state index contributed by atoms with van der Waals surface area (Å²) < 4.78 is 40.4. The summed E-state index contributed by atoms with van der Waals surface area (Å²) >= 11 is 3.47. The fourth-order valence-corrected chi connectivity index (χ4v) is 4.64. The zero-order valence-corrected chi connectivity index (χ0v) is 23.7. The molecule has 0 aliphatic heterocycles. The van der Waals surface area contributed by atoms with E-state index in [9.17, 15) is 8.78 Å². The highest BCUT2D eigenvalue weighted by Gasteiger charge is 2.14. The Morgan fingerprint density at radius 3 is 1.83 bits per heavy atom. The lowest BCUT2D eigenvalue weighted by atomic mass is 10.0. The summed E-state index contributed by atoms with van der Waals surface area (Å²) in [5, 5.41) is 1.11. The van der Waals surface area contributed by atoms with Gasteiger partial charge >= 0.3 is 0 Å². The molecular weight excluding hydrogens is 522 g/mol. The summed E-state index contributed by atoms with van der Waals surface area (Å²) in [7, 11) is 0. The molecule has 2 aromatic rings. The number of halogens is 3. The molecule has 0 radical (unpaired) electrons. The van der Waals surface area contributed by atoms with Crippen molar-refractivity contribution < 1.29 is 18.3 Å². The normalized spacial score (nSPS) is 11.1. The maximum atomic E-state index is 14.6. The van der Waals surface area contributed by atoms with Gasteiger partial charge in [-0.15, -0.1) is 0 Å². The first kappa shape index (κ1) is 30.6. The topological polar surface area (TPSA) is 18.5 Å². The molecule has 0 saturated carbocycles. The molecule has 0 spiro atoms. The summed E-state index contributed by atoms with van der Waals surface area (Å²) in [6, 6.07) is 11.1. The molecule has 0 aromatic heterocycles. The zero-order chi connectivity index (χ0) is 25.8. The highest BCUT2D eigenvalue weighted by Crippen LogP contribution is 2.24. The van der Waals surface area contributed by atoms with Gasteiger partial charge < -0.3 is 9.47 Å². The second-order valence-corrected chi connectivity index (χ2v) is 10.4. The first-order valence-corrected chi connectivity index (χ1v) is 15.1. The Bertz CT molecular complexity index is 826. The van der Waals surface area contributed by atoms with E-state index >= 15 is 0 Å². The first-order valence-electron chi connectivity index (χ1n) is 14.0. The lowest BCUT2D eigenvalue weighted by Crippen LogP contribution is -2.04. The molecule has 0 aliphatic carbocycles. The molecule has 0 N–H and O–H groups in total. The minimum absolute atomic E-state index is 0.0179. The number of ether oxygens (including phenoxy) is 2. The number of hydrogen-bond donors (Lipinski definition) is 0. The van der Waals surface area contributed by atoms with Crippen molar-refractivity contribution in [3.8, 4) is 11.5 Å². The standard InChI is InChI=1S/C31H45BrF2O2/c1-2-3-13-24-35-28-20-16-26(17-21-28)15-18-27-19-22-29(31(34)30(27)33)36-25-14-11-9-7-5-4-6-8-10-12-23-32/h16-17,19-22H,2-15,18,23-25H2,1H3. The molecule has 0 heterocycles. The van der Waals surface area contributed by atoms with Crippen molar-refractivity contribution in [2.45, 2.75) is 103 Å². The van der Waals surface area contributed by atoms with Gasteiger partial charge in [-0.05, 0) is 61.4 Å². The maximum absolute atomic E-state index is 14.6. The predicted molar refractivity (Wildman–Crippen MR) is 151 cm³/mol. The highest BCUT2D eigenvalue weighted by atomic mass is 79.9. The van der Waals surface area contributed by atoms with Crippen molar-refractivity contribution in [1.82, 2.24) is 0 Å². The third-order valence-corrected chi connectivity index (χ3v) is 7.10. The van der Waals surface area contributed by atoms with Crippen molar-refractivity contribution in [2.75, 3.05) is 18.5 Å². The smallest absolute Gasteiger partial charge is 0.200 e. The molecule has 2 aromatic carbocycles. The second-order valence-electron chi connectivity index (χ2n) is 9.62. The van der Waals surface area contributed by atoms with Crippen molar-refractivity contribution in [3.05, 3.63) is 59.2 Å². The first-order chi connectivity index (χ1) is 17.7. The van der Waals surface area contributed by atoms with Gasteiger partial charge in [0.25, 0.3) is 0 Å². The Balaban J connectivity index is 1.63. The monoisotopic (exact) mass is 566 g/mol. The average Bonchev–Trinajstić information content (AvgIpc) is 2.90. The van der Waals surface area contributed by atoms with Crippen LogP contribution in [0.5, 0.6) is 11.5 Å². The van der Waals surface area contributed by atoms with Gasteiger partial charge in [0.15, 0.2) is 11.6 Å². The van der Waals surface area contributed by atoms with E-state index in [4.69, 9.17) is 9.47 Å². The van der Waals surface area contributed by atoms with Crippen LogP contribution in [0.25, 0.3) is 0 Å².